The van der Waals surface area contributed by atoms with Crippen molar-refractivity contribution in [1.29, 1.82) is 0 Å². The summed E-state index contributed by atoms with van der Waals surface area (Å²) in [6, 6.07) is 7.84. The van der Waals surface area contributed by atoms with Gasteiger partial charge in [-0.1, -0.05) is 23.7 Å². The van der Waals surface area contributed by atoms with Crippen molar-refractivity contribution in [3.8, 4) is 0 Å². The fraction of sp³-hybridized carbons (Fsp3) is 0.389. The number of rotatable bonds is 5. The normalized spacial score (nSPS) is 11.8. The van der Waals surface area contributed by atoms with Gasteiger partial charge in [-0.05, 0) is 51.3 Å². The third-order valence-corrected chi connectivity index (χ3v) is 4.13. The second-order valence-electron chi connectivity index (χ2n) is 7.04. The lowest BCUT2D eigenvalue weighted by Crippen LogP contribution is -2.24. The van der Waals surface area contributed by atoms with E-state index in [1.165, 1.54) is 5.56 Å². The molecule has 0 aliphatic rings. The summed E-state index contributed by atoms with van der Waals surface area (Å²) in [7, 11) is 0. The lowest BCUT2D eigenvalue weighted by molar-refractivity contribution is 0.366. The molecule has 0 spiro atoms. The smallest absolute Gasteiger partial charge is 0.263 e. The lowest BCUT2D eigenvalue weighted by atomic mass is 10.1. The van der Waals surface area contributed by atoms with E-state index in [1.54, 1.807) is 10.9 Å². The van der Waals surface area contributed by atoms with Gasteiger partial charge in [0.05, 0.1) is 11.7 Å². The van der Waals surface area contributed by atoms with Gasteiger partial charge < -0.3 is 5.32 Å². The molecule has 3 rings (SSSR count). The molecule has 2 aromatic heterocycles. The molecule has 0 saturated heterocycles. The van der Waals surface area contributed by atoms with Crippen LogP contribution in [0.1, 0.15) is 32.8 Å². The molecule has 25 heavy (non-hydrogen) atoms. The van der Waals surface area contributed by atoms with Gasteiger partial charge in [0.15, 0.2) is 5.65 Å². The van der Waals surface area contributed by atoms with Gasteiger partial charge in [-0.15, -0.1) is 0 Å². The van der Waals surface area contributed by atoms with Crippen molar-refractivity contribution >= 4 is 28.6 Å². The average Bonchev–Trinajstić information content (AvgIpc) is 2.96. The Balaban J connectivity index is 1.70. The Morgan fingerprint density at radius 3 is 2.84 bits per heavy atom. The fourth-order valence-electron chi connectivity index (χ4n) is 2.68. The summed E-state index contributed by atoms with van der Waals surface area (Å²) < 4.78 is 1.77. The van der Waals surface area contributed by atoms with E-state index in [-0.39, 0.29) is 11.1 Å². The van der Waals surface area contributed by atoms with Crippen LogP contribution in [0.3, 0.4) is 0 Å². The molecule has 7 heteroatoms. The van der Waals surface area contributed by atoms with Crippen molar-refractivity contribution in [2.45, 2.75) is 39.2 Å². The number of aromatic nitrogens is 4. The first kappa shape index (κ1) is 17.5. The zero-order valence-corrected chi connectivity index (χ0v) is 15.4. The summed E-state index contributed by atoms with van der Waals surface area (Å²) in [4.78, 5) is 19.5. The van der Waals surface area contributed by atoms with Gasteiger partial charge in [0.2, 0.25) is 5.95 Å². The first-order valence-corrected chi connectivity index (χ1v) is 8.69. The molecule has 0 saturated carbocycles. The fourth-order valence-corrected chi connectivity index (χ4v) is 2.90. The summed E-state index contributed by atoms with van der Waals surface area (Å²) in [5.74, 6) is 0.467. The second kappa shape index (κ2) is 6.88. The largest absolute Gasteiger partial charge is 0.356 e. The van der Waals surface area contributed by atoms with Crippen molar-refractivity contribution in [1.82, 2.24) is 19.7 Å². The molecule has 0 unspecified atom stereocenters. The first-order valence-electron chi connectivity index (χ1n) is 8.31. The summed E-state index contributed by atoms with van der Waals surface area (Å²) in [5, 5.41) is 8.74. The Morgan fingerprint density at radius 2 is 2.12 bits per heavy atom. The topological polar surface area (TPSA) is 75.6 Å². The quantitative estimate of drug-likeness (QED) is 0.683. The van der Waals surface area contributed by atoms with Crippen LogP contribution in [0.25, 0.3) is 11.0 Å². The minimum atomic E-state index is -0.244. The number of aromatic amines is 1. The highest BCUT2D eigenvalue weighted by atomic mass is 35.5. The van der Waals surface area contributed by atoms with E-state index >= 15 is 0 Å². The van der Waals surface area contributed by atoms with Crippen molar-refractivity contribution < 1.29 is 0 Å². The van der Waals surface area contributed by atoms with E-state index < -0.39 is 0 Å². The zero-order chi connectivity index (χ0) is 18.0. The van der Waals surface area contributed by atoms with Gasteiger partial charge in [-0.2, -0.15) is 10.1 Å². The lowest BCUT2D eigenvalue weighted by Gasteiger charge is -2.19. The standard InChI is InChI=1S/C18H22ClN5O/c1-18(2,3)24-15-14(11-21-24)16(25)23-17(22-15)20-9-5-7-12-6-4-8-13(19)10-12/h4,6,8,10-11H,5,7,9H2,1-3H3,(H2,20,22,23,25). The van der Waals surface area contributed by atoms with E-state index in [0.29, 0.717) is 23.5 Å². The minimum absolute atomic E-state index is 0.183. The number of benzene rings is 1. The van der Waals surface area contributed by atoms with Crippen molar-refractivity contribution in [3.05, 3.63) is 51.4 Å². The molecule has 6 nitrogen and oxygen atoms in total. The Labute approximate surface area is 151 Å². The number of aryl methyl sites for hydroxylation is 1. The number of nitrogens with one attached hydrogen (secondary N) is 2. The molecule has 2 N–H and O–H groups in total. The molecule has 132 valence electrons. The summed E-state index contributed by atoms with van der Waals surface area (Å²) in [6.45, 7) is 6.78. The Kier molecular flexibility index (Phi) is 4.81. The van der Waals surface area contributed by atoms with Crippen molar-refractivity contribution in [3.63, 3.8) is 0 Å². The number of hydrogen-bond donors (Lipinski definition) is 2. The molecule has 0 aliphatic heterocycles. The van der Waals surface area contributed by atoms with E-state index in [9.17, 15) is 4.79 Å². The van der Waals surface area contributed by atoms with Gasteiger partial charge in [0.1, 0.15) is 5.39 Å². The third kappa shape index (κ3) is 4.02. The molecule has 2 heterocycles. The molecule has 0 bridgehead atoms. The maximum Gasteiger partial charge on any atom is 0.263 e. The molecule has 0 atom stereocenters. The van der Waals surface area contributed by atoms with E-state index in [0.717, 1.165) is 17.9 Å². The van der Waals surface area contributed by atoms with Gasteiger partial charge in [0, 0.05) is 11.6 Å². The first-order chi connectivity index (χ1) is 11.8. The predicted molar refractivity (Wildman–Crippen MR) is 101 cm³/mol. The van der Waals surface area contributed by atoms with Gasteiger partial charge in [0.25, 0.3) is 5.56 Å². The number of H-pyrrole nitrogens is 1. The van der Waals surface area contributed by atoms with Gasteiger partial charge in [-0.25, -0.2) is 4.68 Å². The Bertz CT molecular complexity index is 939. The predicted octanol–water partition coefficient (Wildman–Crippen LogP) is 3.57. The number of hydrogen-bond acceptors (Lipinski definition) is 4. The maximum atomic E-state index is 12.2. The van der Waals surface area contributed by atoms with Crippen LogP contribution >= 0.6 is 11.6 Å². The molecule has 0 amide bonds. The Morgan fingerprint density at radius 1 is 1.32 bits per heavy atom. The summed E-state index contributed by atoms with van der Waals surface area (Å²) in [5.41, 5.74) is 1.36. The van der Waals surface area contributed by atoms with Crippen LogP contribution in [0, 0.1) is 0 Å². The van der Waals surface area contributed by atoms with E-state index in [2.05, 4.69) is 26.4 Å². The second-order valence-corrected chi connectivity index (χ2v) is 7.48. The Hall–Kier alpha value is -2.34. The minimum Gasteiger partial charge on any atom is -0.356 e. The molecule has 0 radical (unpaired) electrons. The number of fused-ring (bicyclic) bond motifs is 1. The summed E-state index contributed by atoms with van der Waals surface area (Å²) >= 11 is 5.99. The number of halogens is 1. The van der Waals surface area contributed by atoms with Crippen LogP contribution in [0.2, 0.25) is 5.02 Å². The van der Waals surface area contributed by atoms with E-state index in [1.807, 2.05) is 39.0 Å². The highest BCUT2D eigenvalue weighted by Crippen LogP contribution is 2.18. The average molecular weight is 360 g/mol. The van der Waals surface area contributed by atoms with Crippen LogP contribution in [-0.4, -0.2) is 26.3 Å². The monoisotopic (exact) mass is 359 g/mol. The number of nitrogens with zero attached hydrogens (tertiary/aromatic N) is 3. The van der Waals surface area contributed by atoms with Crippen LogP contribution in [0.15, 0.2) is 35.3 Å². The highest BCUT2D eigenvalue weighted by Gasteiger charge is 2.19. The van der Waals surface area contributed by atoms with Crippen LogP contribution in [0.5, 0.6) is 0 Å². The van der Waals surface area contributed by atoms with Gasteiger partial charge >= 0.3 is 0 Å². The van der Waals surface area contributed by atoms with E-state index in [4.69, 9.17) is 11.6 Å². The highest BCUT2D eigenvalue weighted by molar-refractivity contribution is 6.30. The maximum absolute atomic E-state index is 12.2. The molecular weight excluding hydrogens is 338 g/mol. The van der Waals surface area contributed by atoms with Crippen molar-refractivity contribution in [2.75, 3.05) is 11.9 Å². The van der Waals surface area contributed by atoms with Crippen LogP contribution < -0.4 is 10.9 Å². The molecular formula is C18H22ClN5O. The molecule has 0 aliphatic carbocycles. The zero-order valence-electron chi connectivity index (χ0n) is 14.6. The number of anilines is 1. The van der Waals surface area contributed by atoms with Crippen LogP contribution in [0.4, 0.5) is 5.95 Å². The van der Waals surface area contributed by atoms with Gasteiger partial charge in [-0.3, -0.25) is 9.78 Å². The van der Waals surface area contributed by atoms with Crippen molar-refractivity contribution in [2.24, 2.45) is 0 Å². The van der Waals surface area contributed by atoms with Crippen LogP contribution in [-0.2, 0) is 12.0 Å². The third-order valence-electron chi connectivity index (χ3n) is 3.90. The molecule has 3 aromatic rings. The molecule has 0 fully saturated rings. The SMILES string of the molecule is CC(C)(C)n1ncc2c(=O)[nH]c(NCCCc3cccc(Cl)c3)nc21. The molecule has 1 aromatic carbocycles. The summed E-state index contributed by atoms with van der Waals surface area (Å²) in [6.07, 6.45) is 3.37.